The van der Waals surface area contributed by atoms with Crippen LogP contribution in [0.1, 0.15) is 72.1 Å². The monoisotopic (exact) mass is 442 g/mol. The normalized spacial score (nSPS) is 30.5. The smallest absolute Gasteiger partial charge is 0.410 e. The zero-order valence-corrected chi connectivity index (χ0v) is 19.3. The third-order valence-corrected chi connectivity index (χ3v) is 6.92. The van der Waals surface area contributed by atoms with Gasteiger partial charge in [0.15, 0.2) is 0 Å². The fourth-order valence-corrected chi connectivity index (χ4v) is 5.53. The lowest BCUT2D eigenvalue weighted by atomic mass is 9.93. The van der Waals surface area contributed by atoms with Crippen molar-refractivity contribution in [2.75, 3.05) is 0 Å². The molecule has 2 aliphatic heterocycles. The van der Waals surface area contributed by atoms with Gasteiger partial charge < -0.3 is 23.5 Å². The van der Waals surface area contributed by atoms with Gasteiger partial charge in [0, 0.05) is 18.3 Å². The predicted octanol–water partition coefficient (Wildman–Crippen LogP) is 5.46. The second kappa shape index (κ2) is 8.58. The van der Waals surface area contributed by atoms with Crippen LogP contribution >= 0.6 is 0 Å². The number of piperidine rings is 1. The molecule has 174 valence electrons. The Morgan fingerprint density at radius 3 is 2.38 bits per heavy atom. The minimum absolute atomic E-state index is 0.160. The van der Waals surface area contributed by atoms with E-state index < -0.39 is 5.60 Å². The second-order valence-corrected chi connectivity index (χ2v) is 10.5. The first kappa shape index (κ1) is 21.6. The molecular weight excluding hydrogens is 408 g/mol. The standard InChI is InChI=1S/C25H34N2O5/c1-25(2,3)32-24(28)27-16-4-5-17(27)15-20(14-16)30-18-6-8-19(9-7-18)31-23-21-11-13-29-22(21)10-12-26-23/h10-13,16-20H,4-9,14-15H2,1-3H3. The van der Waals surface area contributed by atoms with Crippen molar-refractivity contribution in [2.24, 2.45) is 0 Å². The minimum Gasteiger partial charge on any atom is -0.474 e. The number of carbonyl (C=O) groups excluding carboxylic acids is 1. The molecular formula is C25H34N2O5. The highest BCUT2D eigenvalue weighted by Gasteiger charge is 2.45. The van der Waals surface area contributed by atoms with Crippen molar-refractivity contribution in [1.29, 1.82) is 0 Å². The zero-order valence-electron chi connectivity index (χ0n) is 19.3. The number of amides is 1. The molecule has 1 amide bonds. The Kier molecular flexibility index (Phi) is 5.78. The maximum Gasteiger partial charge on any atom is 0.410 e. The number of aromatic nitrogens is 1. The van der Waals surface area contributed by atoms with Gasteiger partial charge in [0.2, 0.25) is 5.88 Å². The van der Waals surface area contributed by atoms with E-state index in [1.165, 1.54) is 0 Å². The van der Waals surface area contributed by atoms with Crippen LogP contribution in [0.15, 0.2) is 29.0 Å². The summed E-state index contributed by atoms with van der Waals surface area (Å²) in [5.74, 6) is 0.659. The zero-order chi connectivity index (χ0) is 22.3. The van der Waals surface area contributed by atoms with E-state index in [1.807, 2.05) is 37.8 Å². The first-order valence-corrected chi connectivity index (χ1v) is 12.0. The van der Waals surface area contributed by atoms with Crippen molar-refractivity contribution in [1.82, 2.24) is 9.88 Å². The molecule has 1 saturated carbocycles. The molecule has 7 heteroatoms. The van der Waals surface area contributed by atoms with E-state index in [1.54, 1.807) is 12.5 Å². The highest BCUT2D eigenvalue weighted by Crippen LogP contribution is 2.39. The largest absolute Gasteiger partial charge is 0.474 e. The van der Waals surface area contributed by atoms with Gasteiger partial charge >= 0.3 is 6.09 Å². The fraction of sp³-hybridized carbons (Fsp3) is 0.680. The summed E-state index contributed by atoms with van der Waals surface area (Å²) in [5, 5.41) is 0.929. The first-order valence-electron chi connectivity index (χ1n) is 12.0. The first-order chi connectivity index (χ1) is 15.4. The molecule has 2 atom stereocenters. The number of carbonyl (C=O) groups is 1. The summed E-state index contributed by atoms with van der Waals surface area (Å²) in [6, 6.07) is 4.25. The summed E-state index contributed by atoms with van der Waals surface area (Å²) in [7, 11) is 0. The summed E-state index contributed by atoms with van der Waals surface area (Å²) in [6.07, 6.45) is 11.7. The van der Waals surface area contributed by atoms with Crippen LogP contribution in [-0.2, 0) is 9.47 Å². The lowest BCUT2D eigenvalue weighted by molar-refractivity contribution is -0.0814. The number of rotatable bonds is 4. The molecule has 3 aliphatic rings. The van der Waals surface area contributed by atoms with Gasteiger partial charge in [-0.3, -0.25) is 0 Å². The van der Waals surface area contributed by atoms with E-state index in [0.717, 1.165) is 62.3 Å². The Morgan fingerprint density at radius 2 is 1.69 bits per heavy atom. The molecule has 1 aliphatic carbocycles. The fourth-order valence-electron chi connectivity index (χ4n) is 5.53. The number of furan rings is 1. The molecule has 0 radical (unpaired) electrons. The highest BCUT2D eigenvalue weighted by atomic mass is 16.6. The van der Waals surface area contributed by atoms with Gasteiger partial charge in [-0.2, -0.15) is 0 Å². The summed E-state index contributed by atoms with van der Waals surface area (Å²) in [6.45, 7) is 5.77. The third kappa shape index (κ3) is 4.58. The van der Waals surface area contributed by atoms with Gasteiger partial charge in [0.1, 0.15) is 17.3 Å². The van der Waals surface area contributed by atoms with Crippen LogP contribution in [0.4, 0.5) is 4.79 Å². The second-order valence-electron chi connectivity index (χ2n) is 10.5. The Balaban J connectivity index is 1.11. The maximum atomic E-state index is 12.7. The number of fused-ring (bicyclic) bond motifs is 3. The number of nitrogens with zero attached hydrogens (tertiary/aromatic N) is 2. The molecule has 0 aromatic carbocycles. The predicted molar refractivity (Wildman–Crippen MR) is 120 cm³/mol. The van der Waals surface area contributed by atoms with E-state index in [-0.39, 0.29) is 36.5 Å². The van der Waals surface area contributed by atoms with Gasteiger partial charge in [0.05, 0.1) is 23.9 Å². The van der Waals surface area contributed by atoms with Crippen LogP contribution in [0.25, 0.3) is 11.0 Å². The molecule has 7 nitrogen and oxygen atoms in total. The van der Waals surface area contributed by atoms with Crippen LogP contribution < -0.4 is 4.74 Å². The molecule has 0 N–H and O–H groups in total. The quantitative estimate of drug-likeness (QED) is 0.625. The lowest BCUT2D eigenvalue weighted by Crippen LogP contribution is -2.50. The number of hydrogen-bond acceptors (Lipinski definition) is 6. The van der Waals surface area contributed by atoms with Crippen LogP contribution in [0, 0.1) is 0 Å². The average Bonchev–Trinajstić information content (AvgIpc) is 3.32. The third-order valence-electron chi connectivity index (χ3n) is 6.92. The van der Waals surface area contributed by atoms with Crippen LogP contribution in [0.3, 0.4) is 0 Å². The molecule has 2 bridgehead atoms. The summed E-state index contributed by atoms with van der Waals surface area (Å²) in [5.41, 5.74) is 0.350. The van der Waals surface area contributed by atoms with Crippen LogP contribution in [-0.4, -0.2) is 52.0 Å². The molecule has 2 aromatic heterocycles. The van der Waals surface area contributed by atoms with E-state index in [2.05, 4.69) is 4.98 Å². The van der Waals surface area contributed by atoms with E-state index in [4.69, 9.17) is 18.6 Å². The van der Waals surface area contributed by atoms with Gasteiger partial charge in [-0.15, -0.1) is 0 Å². The Labute approximate surface area is 189 Å². The number of hydrogen-bond donors (Lipinski definition) is 0. The summed E-state index contributed by atoms with van der Waals surface area (Å²) in [4.78, 5) is 19.0. The van der Waals surface area contributed by atoms with E-state index >= 15 is 0 Å². The molecule has 0 spiro atoms. The Morgan fingerprint density at radius 1 is 1.00 bits per heavy atom. The van der Waals surface area contributed by atoms with Crippen LogP contribution in [0.2, 0.25) is 0 Å². The van der Waals surface area contributed by atoms with Crippen molar-refractivity contribution >= 4 is 17.1 Å². The van der Waals surface area contributed by atoms with Crippen molar-refractivity contribution in [2.45, 2.75) is 108 Å². The SMILES string of the molecule is CC(C)(C)OC(=O)N1C2CCC1CC(OC1CCC(Oc3nccc4occc34)CC1)C2. The topological polar surface area (TPSA) is 74.0 Å². The maximum absolute atomic E-state index is 12.7. The van der Waals surface area contributed by atoms with Gasteiger partial charge in [-0.1, -0.05) is 0 Å². The van der Waals surface area contributed by atoms with Gasteiger partial charge in [0.25, 0.3) is 0 Å². The number of pyridine rings is 1. The van der Waals surface area contributed by atoms with Gasteiger partial charge in [-0.25, -0.2) is 9.78 Å². The number of ether oxygens (including phenoxy) is 3. The van der Waals surface area contributed by atoms with E-state index in [0.29, 0.717) is 5.88 Å². The molecule has 32 heavy (non-hydrogen) atoms. The summed E-state index contributed by atoms with van der Waals surface area (Å²) >= 11 is 0. The highest BCUT2D eigenvalue weighted by molar-refractivity contribution is 5.81. The van der Waals surface area contributed by atoms with Crippen molar-refractivity contribution < 1.29 is 23.4 Å². The molecule has 4 heterocycles. The van der Waals surface area contributed by atoms with E-state index in [9.17, 15) is 4.79 Å². The molecule has 2 aromatic rings. The molecule has 2 unspecified atom stereocenters. The lowest BCUT2D eigenvalue weighted by Gasteiger charge is -2.41. The van der Waals surface area contributed by atoms with Crippen molar-refractivity contribution in [3.63, 3.8) is 0 Å². The van der Waals surface area contributed by atoms with Crippen molar-refractivity contribution in [3.05, 3.63) is 24.6 Å². The van der Waals surface area contributed by atoms with Gasteiger partial charge in [-0.05, 0) is 84.3 Å². The molecule has 3 fully saturated rings. The Hall–Kier alpha value is -2.28. The molecule has 5 rings (SSSR count). The van der Waals surface area contributed by atoms with Crippen molar-refractivity contribution in [3.8, 4) is 5.88 Å². The van der Waals surface area contributed by atoms with Crippen LogP contribution in [0.5, 0.6) is 5.88 Å². The molecule has 2 saturated heterocycles. The Bertz CT molecular complexity index is 929. The summed E-state index contributed by atoms with van der Waals surface area (Å²) < 4.78 is 23.8. The average molecular weight is 443 g/mol. The minimum atomic E-state index is -0.455.